The Bertz CT molecular complexity index is 365. The number of nitrogen functional groups attached to an aromatic ring is 1. The van der Waals surface area contributed by atoms with E-state index in [-0.39, 0.29) is 11.5 Å². The second-order valence-corrected chi connectivity index (χ2v) is 4.50. The van der Waals surface area contributed by atoms with Crippen molar-refractivity contribution in [1.29, 1.82) is 0 Å². The van der Waals surface area contributed by atoms with Gasteiger partial charge in [-0.25, -0.2) is 4.39 Å². The molecular formula is C13H19FN2. The number of anilines is 1. The van der Waals surface area contributed by atoms with Gasteiger partial charge in [-0.3, -0.25) is 4.90 Å². The number of halogens is 1. The molecule has 0 aliphatic carbocycles. The summed E-state index contributed by atoms with van der Waals surface area (Å²) in [4.78, 5) is 2.36. The normalized spacial score (nSPS) is 21.5. The molecule has 0 aromatic heterocycles. The van der Waals surface area contributed by atoms with Gasteiger partial charge in [-0.2, -0.15) is 0 Å². The van der Waals surface area contributed by atoms with Crippen molar-refractivity contribution in [3.63, 3.8) is 0 Å². The standard InChI is InChI=1S/C13H19FN2/c1-2-11-6-4-8-16(11)9-10-5-3-7-12(15)13(10)14/h3,5,7,11H,2,4,6,8-9,15H2,1H3. The van der Waals surface area contributed by atoms with Crippen LogP contribution in [0.15, 0.2) is 18.2 Å². The van der Waals surface area contributed by atoms with Crippen molar-refractivity contribution in [3.8, 4) is 0 Å². The Balaban J connectivity index is 2.11. The Kier molecular flexibility index (Phi) is 3.44. The minimum atomic E-state index is -0.246. The lowest BCUT2D eigenvalue weighted by atomic mass is 10.1. The molecule has 0 amide bonds. The predicted octanol–water partition coefficient (Wildman–Crippen LogP) is 2.78. The molecule has 1 aromatic rings. The number of nitrogens with two attached hydrogens (primary N) is 1. The van der Waals surface area contributed by atoms with Crippen molar-refractivity contribution in [3.05, 3.63) is 29.6 Å². The molecule has 2 N–H and O–H groups in total. The molecule has 0 spiro atoms. The molecule has 1 heterocycles. The van der Waals surface area contributed by atoms with Crippen molar-refractivity contribution in [2.24, 2.45) is 0 Å². The van der Waals surface area contributed by atoms with Gasteiger partial charge in [-0.15, -0.1) is 0 Å². The van der Waals surface area contributed by atoms with Gasteiger partial charge in [0.15, 0.2) is 5.82 Å². The van der Waals surface area contributed by atoms with Crippen molar-refractivity contribution in [1.82, 2.24) is 4.90 Å². The summed E-state index contributed by atoms with van der Waals surface area (Å²) >= 11 is 0. The van der Waals surface area contributed by atoms with Crippen LogP contribution in [0.4, 0.5) is 10.1 Å². The van der Waals surface area contributed by atoms with E-state index in [4.69, 9.17) is 5.73 Å². The molecule has 1 atom stereocenters. The lowest BCUT2D eigenvalue weighted by Gasteiger charge is -2.23. The molecule has 2 nitrogen and oxygen atoms in total. The molecule has 1 fully saturated rings. The average molecular weight is 222 g/mol. The summed E-state index contributed by atoms with van der Waals surface area (Å²) in [5.74, 6) is -0.246. The quantitative estimate of drug-likeness (QED) is 0.797. The Morgan fingerprint density at radius 3 is 3.06 bits per heavy atom. The molecule has 1 aliphatic heterocycles. The van der Waals surface area contributed by atoms with Crippen molar-refractivity contribution >= 4 is 5.69 Å². The van der Waals surface area contributed by atoms with Gasteiger partial charge < -0.3 is 5.73 Å². The summed E-state index contributed by atoms with van der Waals surface area (Å²) in [5, 5.41) is 0. The fourth-order valence-corrected chi connectivity index (χ4v) is 2.51. The zero-order valence-corrected chi connectivity index (χ0v) is 9.75. The fraction of sp³-hybridized carbons (Fsp3) is 0.538. The van der Waals surface area contributed by atoms with Crippen LogP contribution in [-0.4, -0.2) is 17.5 Å². The highest BCUT2D eigenvalue weighted by Crippen LogP contribution is 2.24. The third kappa shape index (κ3) is 2.19. The van der Waals surface area contributed by atoms with Crippen LogP contribution in [-0.2, 0) is 6.54 Å². The van der Waals surface area contributed by atoms with E-state index in [9.17, 15) is 4.39 Å². The summed E-state index contributed by atoms with van der Waals surface area (Å²) in [7, 11) is 0. The predicted molar refractivity (Wildman–Crippen MR) is 64.5 cm³/mol. The lowest BCUT2D eigenvalue weighted by Crippen LogP contribution is -2.28. The van der Waals surface area contributed by atoms with Crippen LogP contribution in [0, 0.1) is 5.82 Å². The molecule has 3 heteroatoms. The van der Waals surface area contributed by atoms with Crippen molar-refractivity contribution < 1.29 is 4.39 Å². The number of hydrogen-bond acceptors (Lipinski definition) is 2. The van der Waals surface area contributed by atoms with Crippen LogP contribution in [0.5, 0.6) is 0 Å². The number of nitrogens with zero attached hydrogens (tertiary/aromatic N) is 1. The molecule has 16 heavy (non-hydrogen) atoms. The highest BCUT2D eigenvalue weighted by Gasteiger charge is 2.23. The number of likely N-dealkylation sites (tertiary alicyclic amines) is 1. The van der Waals surface area contributed by atoms with Gasteiger partial charge in [0.1, 0.15) is 0 Å². The second-order valence-electron chi connectivity index (χ2n) is 4.50. The first-order chi connectivity index (χ1) is 7.72. The Labute approximate surface area is 96.2 Å². The number of hydrogen-bond donors (Lipinski definition) is 1. The van der Waals surface area contributed by atoms with Crippen LogP contribution >= 0.6 is 0 Å². The first-order valence-corrected chi connectivity index (χ1v) is 5.99. The number of benzene rings is 1. The van der Waals surface area contributed by atoms with Gasteiger partial charge >= 0.3 is 0 Å². The molecule has 0 saturated carbocycles. The monoisotopic (exact) mass is 222 g/mol. The average Bonchev–Trinajstić information content (AvgIpc) is 2.72. The Hall–Kier alpha value is -1.09. The first-order valence-electron chi connectivity index (χ1n) is 5.99. The van der Waals surface area contributed by atoms with Crippen LogP contribution < -0.4 is 5.73 Å². The third-order valence-corrected chi connectivity index (χ3v) is 3.45. The van der Waals surface area contributed by atoms with E-state index >= 15 is 0 Å². The molecule has 1 unspecified atom stereocenters. The lowest BCUT2D eigenvalue weighted by molar-refractivity contribution is 0.237. The van der Waals surface area contributed by atoms with E-state index in [1.54, 1.807) is 6.07 Å². The van der Waals surface area contributed by atoms with Gasteiger partial charge in [-0.05, 0) is 31.9 Å². The molecule has 0 bridgehead atoms. The maximum absolute atomic E-state index is 13.7. The third-order valence-electron chi connectivity index (χ3n) is 3.45. The highest BCUT2D eigenvalue weighted by molar-refractivity contribution is 5.42. The fourth-order valence-electron chi connectivity index (χ4n) is 2.51. The maximum Gasteiger partial charge on any atom is 0.150 e. The van der Waals surface area contributed by atoms with Crippen LogP contribution in [0.25, 0.3) is 0 Å². The smallest absolute Gasteiger partial charge is 0.150 e. The molecule has 1 aromatic carbocycles. The first kappa shape index (κ1) is 11.4. The minimum Gasteiger partial charge on any atom is -0.396 e. The van der Waals surface area contributed by atoms with Gasteiger partial charge in [0.2, 0.25) is 0 Å². The van der Waals surface area contributed by atoms with E-state index < -0.39 is 0 Å². The van der Waals surface area contributed by atoms with Crippen LogP contribution in [0.2, 0.25) is 0 Å². The summed E-state index contributed by atoms with van der Waals surface area (Å²) in [6.45, 7) is 3.96. The summed E-state index contributed by atoms with van der Waals surface area (Å²) < 4.78 is 13.7. The Morgan fingerprint density at radius 1 is 1.50 bits per heavy atom. The Morgan fingerprint density at radius 2 is 2.31 bits per heavy atom. The summed E-state index contributed by atoms with van der Waals surface area (Å²) in [6.07, 6.45) is 3.60. The van der Waals surface area contributed by atoms with E-state index in [0.717, 1.165) is 18.5 Å². The van der Waals surface area contributed by atoms with E-state index in [2.05, 4.69) is 11.8 Å². The van der Waals surface area contributed by atoms with E-state index in [1.807, 2.05) is 12.1 Å². The van der Waals surface area contributed by atoms with E-state index in [1.165, 1.54) is 12.8 Å². The van der Waals surface area contributed by atoms with E-state index in [0.29, 0.717) is 12.6 Å². The second kappa shape index (κ2) is 4.83. The largest absolute Gasteiger partial charge is 0.396 e. The van der Waals surface area contributed by atoms with Gasteiger partial charge in [-0.1, -0.05) is 19.1 Å². The topological polar surface area (TPSA) is 29.3 Å². The van der Waals surface area contributed by atoms with Crippen molar-refractivity contribution in [2.75, 3.05) is 12.3 Å². The molecule has 1 saturated heterocycles. The summed E-state index contributed by atoms with van der Waals surface area (Å²) in [6, 6.07) is 5.88. The zero-order valence-electron chi connectivity index (χ0n) is 9.75. The molecule has 0 radical (unpaired) electrons. The van der Waals surface area contributed by atoms with Crippen molar-refractivity contribution in [2.45, 2.75) is 38.8 Å². The van der Waals surface area contributed by atoms with Gasteiger partial charge in [0, 0.05) is 18.2 Å². The molecule has 2 rings (SSSR count). The maximum atomic E-state index is 13.7. The summed E-state index contributed by atoms with van der Waals surface area (Å²) in [5.41, 5.74) is 6.55. The molecule has 88 valence electrons. The SMILES string of the molecule is CCC1CCCN1Cc1cccc(N)c1F. The van der Waals surface area contributed by atoms with Crippen LogP contribution in [0.1, 0.15) is 31.7 Å². The molecular weight excluding hydrogens is 203 g/mol. The van der Waals surface area contributed by atoms with Gasteiger partial charge in [0.25, 0.3) is 0 Å². The number of rotatable bonds is 3. The van der Waals surface area contributed by atoms with Crippen LogP contribution in [0.3, 0.4) is 0 Å². The van der Waals surface area contributed by atoms with Gasteiger partial charge in [0.05, 0.1) is 5.69 Å². The highest BCUT2D eigenvalue weighted by atomic mass is 19.1. The minimum absolute atomic E-state index is 0.246. The molecule has 1 aliphatic rings. The zero-order chi connectivity index (χ0) is 11.5.